The number of aldehydes is 1. The summed E-state index contributed by atoms with van der Waals surface area (Å²) in [4.78, 5) is 21.6. The number of benzene rings is 1. The average molecular weight is 281 g/mol. The van der Waals surface area contributed by atoms with Crippen LogP contribution in [0.3, 0.4) is 0 Å². The molecule has 1 rings (SSSR count). The lowest BCUT2D eigenvalue weighted by Gasteiger charge is -2.12. The Morgan fingerprint density at radius 1 is 1.20 bits per heavy atom. The minimum Gasteiger partial charge on any atom is -0.496 e. The molecule has 2 N–H and O–H groups in total. The SMILES string of the molecule is COc1cc(OCCCCC(N)=O)cc(OC)c1C=O. The van der Waals surface area contributed by atoms with Crippen LogP contribution < -0.4 is 19.9 Å². The van der Waals surface area contributed by atoms with Crippen LogP contribution in [0.5, 0.6) is 17.2 Å². The maximum atomic E-state index is 11.0. The number of unbranched alkanes of at least 4 members (excludes halogenated alkanes) is 1. The van der Waals surface area contributed by atoms with Gasteiger partial charge in [0.15, 0.2) is 6.29 Å². The number of primary amides is 1. The Kier molecular flexibility index (Phi) is 6.36. The maximum Gasteiger partial charge on any atom is 0.217 e. The van der Waals surface area contributed by atoms with Gasteiger partial charge in [0.05, 0.1) is 26.4 Å². The molecule has 0 saturated heterocycles. The Bertz CT molecular complexity index is 448. The van der Waals surface area contributed by atoms with Gasteiger partial charge in [-0.15, -0.1) is 0 Å². The third-order valence-corrected chi connectivity index (χ3v) is 2.72. The summed E-state index contributed by atoms with van der Waals surface area (Å²) in [6.45, 7) is 0.444. The lowest BCUT2D eigenvalue weighted by atomic mass is 10.2. The number of carbonyl (C=O) groups excluding carboxylic acids is 2. The van der Waals surface area contributed by atoms with Gasteiger partial charge in [-0.3, -0.25) is 9.59 Å². The van der Waals surface area contributed by atoms with Crippen molar-refractivity contribution >= 4 is 12.2 Å². The van der Waals surface area contributed by atoms with Crippen molar-refractivity contribution in [3.05, 3.63) is 17.7 Å². The highest BCUT2D eigenvalue weighted by Gasteiger charge is 2.12. The molecule has 0 aliphatic heterocycles. The summed E-state index contributed by atoms with van der Waals surface area (Å²) in [5, 5.41) is 0. The van der Waals surface area contributed by atoms with Crippen LogP contribution in [-0.2, 0) is 4.79 Å². The van der Waals surface area contributed by atoms with E-state index in [0.717, 1.165) is 0 Å². The van der Waals surface area contributed by atoms with Gasteiger partial charge in [0.25, 0.3) is 0 Å². The molecule has 1 aromatic carbocycles. The van der Waals surface area contributed by atoms with Crippen LogP contribution in [0.25, 0.3) is 0 Å². The quantitative estimate of drug-likeness (QED) is 0.548. The minimum atomic E-state index is -0.316. The molecule has 0 aliphatic carbocycles. The van der Waals surface area contributed by atoms with Crippen LogP contribution in [0.2, 0.25) is 0 Å². The molecule has 1 amide bonds. The Morgan fingerprint density at radius 2 is 1.80 bits per heavy atom. The molecule has 0 saturated carbocycles. The molecule has 20 heavy (non-hydrogen) atoms. The monoisotopic (exact) mass is 281 g/mol. The van der Waals surface area contributed by atoms with Crippen molar-refractivity contribution in [2.45, 2.75) is 19.3 Å². The summed E-state index contributed by atoms with van der Waals surface area (Å²) < 4.78 is 15.8. The highest BCUT2D eigenvalue weighted by atomic mass is 16.5. The van der Waals surface area contributed by atoms with Crippen molar-refractivity contribution in [1.29, 1.82) is 0 Å². The second kappa shape index (κ2) is 8.04. The molecule has 0 unspecified atom stereocenters. The Balaban J connectivity index is 2.66. The van der Waals surface area contributed by atoms with Gasteiger partial charge < -0.3 is 19.9 Å². The fourth-order valence-corrected chi connectivity index (χ4v) is 1.71. The smallest absolute Gasteiger partial charge is 0.217 e. The Labute approximate surface area is 117 Å². The van der Waals surface area contributed by atoms with E-state index < -0.39 is 0 Å². The van der Waals surface area contributed by atoms with E-state index in [1.54, 1.807) is 12.1 Å². The summed E-state index contributed by atoms with van der Waals surface area (Å²) in [7, 11) is 2.94. The molecule has 0 fully saturated rings. The fourth-order valence-electron chi connectivity index (χ4n) is 1.71. The van der Waals surface area contributed by atoms with Gasteiger partial charge in [0.2, 0.25) is 5.91 Å². The van der Waals surface area contributed by atoms with E-state index in [9.17, 15) is 9.59 Å². The maximum absolute atomic E-state index is 11.0. The van der Waals surface area contributed by atoms with Crippen molar-refractivity contribution in [3.63, 3.8) is 0 Å². The highest BCUT2D eigenvalue weighted by molar-refractivity contribution is 5.84. The molecule has 0 radical (unpaired) electrons. The van der Waals surface area contributed by atoms with E-state index in [1.165, 1.54) is 14.2 Å². The van der Waals surface area contributed by atoms with Gasteiger partial charge in [-0.25, -0.2) is 0 Å². The topological polar surface area (TPSA) is 87.8 Å². The molecule has 6 heteroatoms. The summed E-state index contributed by atoms with van der Waals surface area (Å²) >= 11 is 0. The molecule has 0 heterocycles. The first-order chi connectivity index (χ1) is 9.62. The molecule has 0 bridgehead atoms. The van der Waals surface area contributed by atoms with E-state index >= 15 is 0 Å². The zero-order valence-electron chi connectivity index (χ0n) is 11.7. The van der Waals surface area contributed by atoms with Crippen LogP contribution in [0.1, 0.15) is 29.6 Å². The number of hydrogen-bond donors (Lipinski definition) is 1. The molecule has 0 aromatic heterocycles. The normalized spacial score (nSPS) is 9.90. The largest absolute Gasteiger partial charge is 0.496 e. The van der Waals surface area contributed by atoms with Gasteiger partial charge in [-0.05, 0) is 12.8 Å². The first-order valence-electron chi connectivity index (χ1n) is 6.24. The lowest BCUT2D eigenvalue weighted by Crippen LogP contribution is -2.10. The van der Waals surface area contributed by atoms with Gasteiger partial charge >= 0.3 is 0 Å². The van der Waals surface area contributed by atoms with E-state index in [0.29, 0.717) is 55.0 Å². The van der Waals surface area contributed by atoms with Crippen molar-refractivity contribution in [1.82, 2.24) is 0 Å². The molecule has 110 valence electrons. The molecule has 0 spiro atoms. The van der Waals surface area contributed by atoms with Gasteiger partial charge in [-0.1, -0.05) is 0 Å². The number of carbonyl (C=O) groups is 2. The second-order valence-electron chi connectivity index (χ2n) is 4.13. The number of ether oxygens (including phenoxy) is 3. The van der Waals surface area contributed by atoms with Gasteiger partial charge in [-0.2, -0.15) is 0 Å². The standard InChI is InChI=1S/C14H19NO5/c1-18-12-7-10(8-13(19-2)11(12)9-16)20-6-4-3-5-14(15)17/h7-9H,3-6H2,1-2H3,(H2,15,17). The second-order valence-corrected chi connectivity index (χ2v) is 4.13. The number of hydrogen-bond acceptors (Lipinski definition) is 5. The third-order valence-electron chi connectivity index (χ3n) is 2.72. The Morgan fingerprint density at radius 3 is 2.25 bits per heavy atom. The molecular weight excluding hydrogens is 262 g/mol. The van der Waals surface area contributed by atoms with Crippen LogP contribution in [0.4, 0.5) is 0 Å². The number of amides is 1. The predicted molar refractivity (Wildman–Crippen MR) is 73.5 cm³/mol. The van der Waals surface area contributed by atoms with Crippen molar-refractivity contribution in [2.75, 3.05) is 20.8 Å². The molecule has 0 atom stereocenters. The predicted octanol–water partition coefficient (Wildman–Crippen LogP) is 1.55. The van der Waals surface area contributed by atoms with Crippen molar-refractivity contribution < 1.29 is 23.8 Å². The van der Waals surface area contributed by atoms with Crippen LogP contribution >= 0.6 is 0 Å². The first-order valence-corrected chi connectivity index (χ1v) is 6.24. The van der Waals surface area contributed by atoms with Crippen LogP contribution in [0.15, 0.2) is 12.1 Å². The highest BCUT2D eigenvalue weighted by Crippen LogP contribution is 2.32. The van der Waals surface area contributed by atoms with Gasteiger partial charge in [0, 0.05) is 18.6 Å². The summed E-state index contributed by atoms with van der Waals surface area (Å²) in [6, 6.07) is 3.25. The van der Waals surface area contributed by atoms with E-state index in [2.05, 4.69) is 0 Å². The summed E-state index contributed by atoms with van der Waals surface area (Å²) in [5.74, 6) is 1.02. The molecule has 0 aliphatic rings. The van der Waals surface area contributed by atoms with Crippen LogP contribution in [0, 0.1) is 0 Å². The number of nitrogens with two attached hydrogens (primary N) is 1. The number of methoxy groups -OCH3 is 2. The Hall–Kier alpha value is -2.24. The molecule has 1 aromatic rings. The zero-order valence-corrected chi connectivity index (χ0v) is 11.7. The average Bonchev–Trinajstić information content (AvgIpc) is 2.45. The van der Waals surface area contributed by atoms with Gasteiger partial charge in [0.1, 0.15) is 17.2 Å². The van der Waals surface area contributed by atoms with E-state index in [-0.39, 0.29) is 5.91 Å². The number of rotatable bonds is 9. The lowest BCUT2D eigenvalue weighted by molar-refractivity contribution is -0.118. The first kappa shape index (κ1) is 15.8. The van der Waals surface area contributed by atoms with Crippen LogP contribution in [-0.4, -0.2) is 33.0 Å². The van der Waals surface area contributed by atoms with E-state index in [1.807, 2.05) is 0 Å². The van der Waals surface area contributed by atoms with E-state index in [4.69, 9.17) is 19.9 Å². The molecule has 6 nitrogen and oxygen atoms in total. The minimum absolute atomic E-state index is 0.316. The zero-order chi connectivity index (χ0) is 15.0. The summed E-state index contributed by atoms with van der Waals surface area (Å²) in [5.41, 5.74) is 5.39. The summed E-state index contributed by atoms with van der Waals surface area (Å²) in [6.07, 6.45) is 2.41. The van der Waals surface area contributed by atoms with Crippen molar-refractivity contribution in [3.8, 4) is 17.2 Å². The van der Waals surface area contributed by atoms with Crippen molar-refractivity contribution in [2.24, 2.45) is 5.73 Å². The fraction of sp³-hybridized carbons (Fsp3) is 0.429. The molecular formula is C14H19NO5. The third kappa shape index (κ3) is 4.46.